The second kappa shape index (κ2) is 10.9. The van der Waals surface area contributed by atoms with Crippen LogP contribution in [0.5, 0.6) is 0 Å². The van der Waals surface area contributed by atoms with Gasteiger partial charge in [-0.15, -0.1) is 16.8 Å². The molecule has 1 heterocycles. The van der Waals surface area contributed by atoms with E-state index in [1.807, 2.05) is 32.0 Å². The first-order valence-electron chi connectivity index (χ1n) is 10.4. The van der Waals surface area contributed by atoms with Gasteiger partial charge in [0.2, 0.25) is 5.91 Å². The predicted octanol–water partition coefficient (Wildman–Crippen LogP) is 4.44. The quantitative estimate of drug-likeness (QED) is 0.359. The van der Waals surface area contributed by atoms with E-state index in [1.54, 1.807) is 29.7 Å². The average molecular weight is 468 g/mol. The van der Waals surface area contributed by atoms with Crippen molar-refractivity contribution < 1.29 is 14.0 Å². The molecule has 0 aliphatic heterocycles. The number of halogens is 1. The molecular weight excluding hydrogens is 441 g/mol. The van der Waals surface area contributed by atoms with E-state index >= 15 is 0 Å². The number of rotatable bonds is 9. The van der Waals surface area contributed by atoms with E-state index in [9.17, 15) is 14.0 Å². The van der Waals surface area contributed by atoms with Gasteiger partial charge in [-0.3, -0.25) is 9.59 Å². The summed E-state index contributed by atoms with van der Waals surface area (Å²) in [4.78, 5) is 25.1. The van der Waals surface area contributed by atoms with Crippen molar-refractivity contribution in [1.82, 2.24) is 20.1 Å². The number of amides is 2. The molecule has 0 radical (unpaired) electrons. The van der Waals surface area contributed by atoms with Gasteiger partial charge in [0.25, 0.3) is 5.91 Å². The number of carbonyl (C=O) groups excluding carboxylic acids is 2. The van der Waals surface area contributed by atoms with E-state index in [2.05, 4.69) is 27.4 Å². The van der Waals surface area contributed by atoms with Crippen LogP contribution in [0, 0.1) is 19.7 Å². The number of allylic oxidation sites excluding steroid dienone is 1. The lowest BCUT2D eigenvalue weighted by Gasteiger charge is -2.16. The third-order valence-corrected chi connectivity index (χ3v) is 5.95. The minimum atomic E-state index is -0.416. The third kappa shape index (κ3) is 6.07. The summed E-state index contributed by atoms with van der Waals surface area (Å²) >= 11 is 1.20. The van der Waals surface area contributed by atoms with Crippen LogP contribution in [0.25, 0.3) is 0 Å². The fraction of sp³-hybridized carbons (Fsp3) is 0.250. The van der Waals surface area contributed by atoms with Crippen LogP contribution >= 0.6 is 11.8 Å². The Balaban J connectivity index is 1.69. The van der Waals surface area contributed by atoms with Crippen molar-refractivity contribution in [2.75, 3.05) is 11.1 Å². The largest absolute Gasteiger partial charge is 0.342 e. The molecule has 33 heavy (non-hydrogen) atoms. The fourth-order valence-corrected chi connectivity index (χ4v) is 3.99. The zero-order valence-corrected chi connectivity index (χ0v) is 19.6. The van der Waals surface area contributed by atoms with Gasteiger partial charge in [0.1, 0.15) is 5.82 Å². The van der Waals surface area contributed by atoms with Gasteiger partial charge >= 0.3 is 0 Å². The minimum absolute atomic E-state index is 0.0647. The number of hydrogen-bond acceptors (Lipinski definition) is 5. The average Bonchev–Trinajstić information content (AvgIpc) is 3.18. The summed E-state index contributed by atoms with van der Waals surface area (Å²) < 4.78 is 15.3. The molecule has 2 amide bonds. The topological polar surface area (TPSA) is 88.9 Å². The maximum atomic E-state index is 13.5. The third-order valence-electron chi connectivity index (χ3n) is 4.99. The molecule has 0 aliphatic rings. The van der Waals surface area contributed by atoms with Crippen molar-refractivity contribution >= 4 is 29.3 Å². The molecule has 1 unspecified atom stereocenters. The normalized spacial score (nSPS) is 11.6. The number of thioether (sulfide) groups is 1. The Morgan fingerprint density at radius 3 is 2.67 bits per heavy atom. The van der Waals surface area contributed by atoms with Crippen molar-refractivity contribution in [3.05, 3.63) is 83.5 Å². The maximum Gasteiger partial charge on any atom is 0.252 e. The molecule has 0 saturated carbocycles. The number of nitrogens with one attached hydrogen (secondary N) is 2. The van der Waals surface area contributed by atoms with Gasteiger partial charge in [0.15, 0.2) is 11.0 Å². The van der Waals surface area contributed by atoms with Crippen molar-refractivity contribution in [2.24, 2.45) is 0 Å². The first-order valence-corrected chi connectivity index (χ1v) is 11.4. The van der Waals surface area contributed by atoms with E-state index in [1.165, 1.54) is 23.9 Å². The Morgan fingerprint density at radius 1 is 1.18 bits per heavy atom. The standard InChI is InChI=1S/C24H26FN5O2S/c1-5-12-30-22(17(4)26-23(32)19-9-7-6-8-15(19)2)28-29-24(30)33-14-21(31)27-20-13-18(25)11-10-16(20)3/h5-11,13,17H,1,12,14H2,2-4H3,(H,26,32)(H,27,31). The van der Waals surface area contributed by atoms with E-state index in [0.717, 1.165) is 11.1 Å². The van der Waals surface area contributed by atoms with Crippen LogP contribution in [-0.2, 0) is 11.3 Å². The molecule has 7 nitrogen and oxygen atoms in total. The second-order valence-electron chi connectivity index (χ2n) is 7.55. The molecule has 3 rings (SSSR count). The van der Waals surface area contributed by atoms with Crippen molar-refractivity contribution in [1.29, 1.82) is 0 Å². The lowest BCUT2D eigenvalue weighted by atomic mass is 10.1. The zero-order chi connectivity index (χ0) is 24.0. The van der Waals surface area contributed by atoms with E-state index in [-0.39, 0.29) is 17.6 Å². The van der Waals surface area contributed by atoms with Gasteiger partial charge in [0.05, 0.1) is 11.8 Å². The van der Waals surface area contributed by atoms with Crippen LogP contribution in [0.1, 0.15) is 40.3 Å². The van der Waals surface area contributed by atoms with E-state index < -0.39 is 11.9 Å². The first kappa shape index (κ1) is 24.2. The molecule has 0 bridgehead atoms. The molecular formula is C24H26FN5O2S. The molecule has 0 saturated heterocycles. The lowest BCUT2D eigenvalue weighted by Crippen LogP contribution is -2.29. The van der Waals surface area contributed by atoms with E-state index in [0.29, 0.717) is 28.8 Å². The molecule has 0 spiro atoms. The molecule has 3 aromatic rings. The highest BCUT2D eigenvalue weighted by Crippen LogP contribution is 2.22. The van der Waals surface area contributed by atoms with Gasteiger partial charge in [-0.25, -0.2) is 4.39 Å². The smallest absolute Gasteiger partial charge is 0.252 e. The minimum Gasteiger partial charge on any atom is -0.342 e. The zero-order valence-electron chi connectivity index (χ0n) is 18.8. The van der Waals surface area contributed by atoms with Gasteiger partial charge in [-0.1, -0.05) is 42.1 Å². The van der Waals surface area contributed by atoms with Crippen LogP contribution in [0.3, 0.4) is 0 Å². The SMILES string of the molecule is C=CCn1c(SCC(=O)Nc2cc(F)ccc2C)nnc1C(C)NC(=O)c1ccccc1C. The van der Waals surface area contributed by atoms with Crippen LogP contribution in [0.15, 0.2) is 60.3 Å². The Morgan fingerprint density at radius 2 is 1.94 bits per heavy atom. The number of anilines is 1. The maximum absolute atomic E-state index is 13.5. The Labute approximate surface area is 196 Å². The predicted molar refractivity (Wildman–Crippen MR) is 128 cm³/mol. The first-order chi connectivity index (χ1) is 15.8. The molecule has 0 aliphatic carbocycles. The summed E-state index contributed by atoms with van der Waals surface area (Å²) in [5.41, 5.74) is 2.68. The molecule has 1 atom stereocenters. The number of benzene rings is 2. The second-order valence-corrected chi connectivity index (χ2v) is 8.49. The Kier molecular flexibility index (Phi) is 8.00. The van der Waals surface area contributed by atoms with Crippen LogP contribution in [0.4, 0.5) is 10.1 Å². The van der Waals surface area contributed by atoms with E-state index in [4.69, 9.17) is 0 Å². The Bertz CT molecular complexity index is 1180. The van der Waals surface area contributed by atoms with Gasteiger partial charge < -0.3 is 15.2 Å². The number of carbonyl (C=O) groups is 2. The van der Waals surface area contributed by atoms with Gasteiger partial charge in [-0.05, 0) is 50.1 Å². The summed E-state index contributed by atoms with van der Waals surface area (Å²) in [5.74, 6) is -0.284. The summed E-state index contributed by atoms with van der Waals surface area (Å²) in [5, 5.41) is 14.6. The molecule has 2 N–H and O–H groups in total. The highest BCUT2D eigenvalue weighted by atomic mass is 32.2. The molecule has 172 valence electrons. The molecule has 1 aromatic heterocycles. The van der Waals surface area contributed by atoms with Crippen molar-refractivity contribution in [3.8, 4) is 0 Å². The molecule has 0 fully saturated rings. The number of aryl methyl sites for hydroxylation is 2. The van der Waals surface area contributed by atoms with Crippen molar-refractivity contribution in [3.63, 3.8) is 0 Å². The fourth-order valence-electron chi connectivity index (χ4n) is 3.24. The monoisotopic (exact) mass is 467 g/mol. The highest BCUT2D eigenvalue weighted by Gasteiger charge is 2.21. The number of nitrogens with zero attached hydrogens (tertiary/aromatic N) is 3. The summed E-state index contributed by atoms with van der Waals surface area (Å²) in [6, 6.07) is 11.2. The van der Waals surface area contributed by atoms with Gasteiger partial charge in [0, 0.05) is 17.8 Å². The van der Waals surface area contributed by atoms with Gasteiger partial charge in [-0.2, -0.15) is 0 Å². The summed E-state index contributed by atoms with van der Waals surface area (Å²) in [7, 11) is 0. The Hall–Kier alpha value is -3.46. The molecule has 9 heteroatoms. The van der Waals surface area contributed by atoms with Crippen LogP contribution in [-0.4, -0.2) is 32.3 Å². The summed E-state index contributed by atoms with van der Waals surface area (Å²) in [6.45, 7) is 9.70. The summed E-state index contributed by atoms with van der Waals surface area (Å²) in [6.07, 6.45) is 1.70. The van der Waals surface area contributed by atoms with Crippen molar-refractivity contribution in [2.45, 2.75) is 38.5 Å². The highest BCUT2D eigenvalue weighted by molar-refractivity contribution is 7.99. The van der Waals surface area contributed by atoms with Crippen LogP contribution in [0.2, 0.25) is 0 Å². The number of hydrogen-bond donors (Lipinski definition) is 2. The number of aromatic nitrogens is 3. The lowest BCUT2D eigenvalue weighted by molar-refractivity contribution is -0.113. The molecule has 2 aromatic carbocycles. The van der Waals surface area contributed by atoms with Crippen LogP contribution < -0.4 is 10.6 Å².